The molecule has 0 saturated carbocycles. The summed E-state index contributed by atoms with van der Waals surface area (Å²) >= 11 is 0. The second kappa shape index (κ2) is 6.96. The summed E-state index contributed by atoms with van der Waals surface area (Å²) in [5.74, 6) is -1.80. The number of urea groups is 1. The van der Waals surface area contributed by atoms with E-state index in [-0.39, 0.29) is 6.42 Å². The molecule has 28 heavy (non-hydrogen) atoms. The molecule has 4 amide bonds. The van der Waals surface area contributed by atoms with E-state index in [1.165, 1.54) is 14.1 Å². The van der Waals surface area contributed by atoms with Crippen molar-refractivity contribution >= 4 is 28.7 Å². The third-order valence-corrected chi connectivity index (χ3v) is 5.32. The highest BCUT2D eigenvalue weighted by atomic mass is 16.2. The summed E-state index contributed by atoms with van der Waals surface area (Å²) < 4.78 is 2.14. The van der Waals surface area contributed by atoms with Gasteiger partial charge < -0.3 is 4.57 Å². The molecule has 6 nitrogen and oxygen atoms in total. The highest BCUT2D eigenvalue weighted by Crippen LogP contribution is 2.26. The topological polar surface area (TPSA) is 62.6 Å². The molecular weight excluding hydrogens is 354 g/mol. The number of amides is 4. The molecule has 3 aromatic rings. The van der Waals surface area contributed by atoms with Crippen molar-refractivity contribution in [1.82, 2.24) is 14.4 Å². The van der Waals surface area contributed by atoms with Crippen molar-refractivity contribution in [2.45, 2.75) is 13.0 Å². The number of carbonyl (C=O) groups is 3. The van der Waals surface area contributed by atoms with Gasteiger partial charge in [0.1, 0.15) is 5.92 Å². The van der Waals surface area contributed by atoms with Crippen molar-refractivity contribution < 1.29 is 14.4 Å². The molecular formula is C22H21N3O3. The standard InChI is InChI=1S/C22H21N3O3/c1-23-20(26)18(21(27)24(2)22(23)28)13-17-12-16-10-6-7-11-19(16)25(17)14-15-8-4-3-5-9-15/h3-12,18H,13-14H2,1-2H3. The van der Waals surface area contributed by atoms with Gasteiger partial charge in [-0.2, -0.15) is 0 Å². The molecule has 0 spiro atoms. The number of hydrogen-bond donors (Lipinski definition) is 0. The van der Waals surface area contributed by atoms with Gasteiger partial charge in [-0.3, -0.25) is 19.4 Å². The molecule has 6 heteroatoms. The number of aromatic nitrogens is 1. The molecule has 2 aromatic carbocycles. The van der Waals surface area contributed by atoms with Gasteiger partial charge in [-0.1, -0.05) is 48.5 Å². The lowest BCUT2D eigenvalue weighted by atomic mass is 9.98. The molecule has 2 heterocycles. The summed E-state index contributed by atoms with van der Waals surface area (Å²) in [6, 6.07) is 19.5. The predicted octanol–water partition coefficient (Wildman–Crippen LogP) is 2.90. The van der Waals surface area contributed by atoms with Crippen LogP contribution in [-0.4, -0.2) is 46.3 Å². The van der Waals surface area contributed by atoms with Crippen LogP contribution in [0.4, 0.5) is 4.79 Å². The summed E-state index contributed by atoms with van der Waals surface area (Å²) in [4.78, 5) is 39.3. The Morgan fingerprint density at radius 2 is 1.43 bits per heavy atom. The van der Waals surface area contributed by atoms with Gasteiger partial charge in [-0.05, 0) is 23.1 Å². The molecule has 1 saturated heterocycles. The summed E-state index contributed by atoms with van der Waals surface area (Å²) in [7, 11) is 2.83. The Balaban J connectivity index is 1.74. The van der Waals surface area contributed by atoms with E-state index >= 15 is 0 Å². The van der Waals surface area contributed by atoms with Gasteiger partial charge in [0.05, 0.1) is 0 Å². The van der Waals surface area contributed by atoms with Gasteiger partial charge in [0, 0.05) is 38.3 Å². The van der Waals surface area contributed by atoms with E-state index in [9.17, 15) is 14.4 Å². The zero-order valence-corrected chi connectivity index (χ0v) is 15.8. The Kier molecular flexibility index (Phi) is 4.47. The maximum absolute atomic E-state index is 12.6. The number of hydrogen-bond acceptors (Lipinski definition) is 3. The van der Waals surface area contributed by atoms with Crippen LogP contribution in [0.5, 0.6) is 0 Å². The molecule has 1 aliphatic heterocycles. The van der Waals surface area contributed by atoms with E-state index in [1.807, 2.05) is 48.5 Å². The van der Waals surface area contributed by atoms with Gasteiger partial charge in [-0.15, -0.1) is 0 Å². The molecule has 142 valence electrons. The minimum absolute atomic E-state index is 0.251. The highest BCUT2D eigenvalue weighted by molar-refractivity contribution is 6.15. The average molecular weight is 375 g/mol. The van der Waals surface area contributed by atoms with Crippen LogP contribution in [0.1, 0.15) is 11.3 Å². The normalized spacial score (nSPS) is 15.7. The van der Waals surface area contributed by atoms with Crippen LogP contribution in [0.3, 0.4) is 0 Å². The first kappa shape index (κ1) is 18.0. The molecule has 0 atom stereocenters. The molecule has 0 unspecified atom stereocenters. The van der Waals surface area contributed by atoms with Crippen LogP contribution < -0.4 is 0 Å². The molecule has 1 aromatic heterocycles. The first-order valence-corrected chi connectivity index (χ1v) is 9.17. The van der Waals surface area contributed by atoms with Gasteiger partial charge in [0.25, 0.3) is 0 Å². The smallest absolute Gasteiger partial charge is 0.332 e. The summed E-state index contributed by atoms with van der Waals surface area (Å²) in [6.45, 7) is 0.642. The van der Waals surface area contributed by atoms with Gasteiger partial charge in [0.2, 0.25) is 11.8 Å². The minimum Gasteiger partial charge on any atom is -0.340 e. The fraction of sp³-hybridized carbons (Fsp3) is 0.227. The molecule has 4 rings (SSSR count). The summed E-state index contributed by atoms with van der Waals surface area (Å²) in [6.07, 6.45) is 0.251. The first-order valence-electron chi connectivity index (χ1n) is 9.17. The zero-order chi connectivity index (χ0) is 19.8. The van der Waals surface area contributed by atoms with Crippen LogP contribution >= 0.6 is 0 Å². The van der Waals surface area contributed by atoms with Crippen molar-refractivity contribution in [2.24, 2.45) is 5.92 Å². The maximum Gasteiger partial charge on any atom is 0.332 e. The van der Waals surface area contributed by atoms with Crippen molar-refractivity contribution in [2.75, 3.05) is 14.1 Å². The third kappa shape index (κ3) is 2.97. The Morgan fingerprint density at radius 1 is 0.821 bits per heavy atom. The summed E-state index contributed by atoms with van der Waals surface area (Å²) in [5, 5.41) is 1.06. The number of imide groups is 2. The van der Waals surface area contributed by atoms with Crippen LogP contribution in [-0.2, 0) is 22.6 Å². The van der Waals surface area contributed by atoms with E-state index in [4.69, 9.17) is 0 Å². The third-order valence-electron chi connectivity index (χ3n) is 5.32. The van der Waals surface area contributed by atoms with Crippen LogP contribution in [0.2, 0.25) is 0 Å². The SMILES string of the molecule is CN1C(=O)C(Cc2cc3ccccc3n2Cc2ccccc2)C(=O)N(C)C1=O. The Bertz CT molecular complexity index is 1050. The minimum atomic E-state index is -0.897. The summed E-state index contributed by atoms with van der Waals surface area (Å²) in [5.41, 5.74) is 3.08. The molecule has 0 N–H and O–H groups in total. The Labute approximate surface area is 163 Å². The number of para-hydroxylation sites is 1. The number of barbiturate groups is 1. The van der Waals surface area contributed by atoms with E-state index in [1.54, 1.807) is 0 Å². The fourth-order valence-corrected chi connectivity index (χ4v) is 3.76. The quantitative estimate of drug-likeness (QED) is 0.659. The van der Waals surface area contributed by atoms with Crippen molar-refractivity contribution in [3.05, 3.63) is 71.9 Å². The van der Waals surface area contributed by atoms with E-state index in [0.717, 1.165) is 32.0 Å². The molecule has 0 aliphatic carbocycles. The second-order valence-electron chi connectivity index (χ2n) is 7.10. The van der Waals surface area contributed by atoms with E-state index in [0.29, 0.717) is 6.54 Å². The number of carbonyl (C=O) groups excluding carboxylic acids is 3. The molecule has 1 fully saturated rings. The first-order chi connectivity index (χ1) is 13.5. The van der Waals surface area contributed by atoms with Crippen LogP contribution in [0.25, 0.3) is 10.9 Å². The fourth-order valence-electron chi connectivity index (χ4n) is 3.76. The van der Waals surface area contributed by atoms with Crippen molar-refractivity contribution in [3.8, 4) is 0 Å². The highest BCUT2D eigenvalue weighted by Gasteiger charge is 2.42. The van der Waals surface area contributed by atoms with Crippen molar-refractivity contribution in [1.29, 1.82) is 0 Å². The van der Waals surface area contributed by atoms with E-state index < -0.39 is 23.8 Å². The average Bonchev–Trinajstić information content (AvgIpc) is 3.06. The largest absolute Gasteiger partial charge is 0.340 e. The lowest BCUT2D eigenvalue weighted by Gasteiger charge is -2.33. The monoisotopic (exact) mass is 375 g/mol. The number of benzene rings is 2. The van der Waals surface area contributed by atoms with Crippen molar-refractivity contribution in [3.63, 3.8) is 0 Å². The number of nitrogens with zero attached hydrogens (tertiary/aromatic N) is 3. The lowest BCUT2D eigenvalue weighted by molar-refractivity contribution is -0.147. The zero-order valence-electron chi connectivity index (χ0n) is 15.8. The predicted molar refractivity (Wildman–Crippen MR) is 106 cm³/mol. The number of rotatable bonds is 4. The van der Waals surface area contributed by atoms with Gasteiger partial charge >= 0.3 is 6.03 Å². The van der Waals surface area contributed by atoms with Crippen LogP contribution in [0, 0.1) is 5.92 Å². The second-order valence-corrected chi connectivity index (χ2v) is 7.10. The Morgan fingerprint density at radius 3 is 2.11 bits per heavy atom. The van der Waals surface area contributed by atoms with Gasteiger partial charge in [0.15, 0.2) is 0 Å². The molecule has 0 bridgehead atoms. The number of fused-ring (bicyclic) bond motifs is 1. The van der Waals surface area contributed by atoms with Crippen LogP contribution in [0.15, 0.2) is 60.7 Å². The Hall–Kier alpha value is -3.41. The maximum atomic E-state index is 12.6. The molecule has 0 radical (unpaired) electrons. The molecule has 1 aliphatic rings. The lowest BCUT2D eigenvalue weighted by Crippen LogP contribution is -2.57. The van der Waals surface area contributed by atoms with Gasteiger partial charge in [-0.25, -0.2) is 4.79 Å². The van der Waals surface area contributed by atoms with E-state index in [2.05, 4.69) is 16.7 Å².